The van der Waals surface area contributed by atoms with Gasteiger partial charge in [0.15, 0.2) is 5.69 Å². The van der Waals surface area contributed by atoms with Crippen LogP contribution < -0.4 is 5.32 Å². The zero-order chi connectivity index (χ0) is 22.6. The normalized spacial score (nSPS) is 28.0. The van der Waals surface area contributed by atoms with Gasteiger partial charge >= 0.3 is 11.7 Å². The van der Waals surface area contributed by atoms with Crippen molar-refractivity contribution in [3.8, 4) is 0 Å². The van der Waals surface area contributed by atoms with Crippen molar-refractivity contribution in [1.82, 2.24) is 19.6 Å². The van der Waals surface area contributed by atoms with E-state index < -0.39 is 16.8 Å². The van der Waals surface area contributed by atoms with Crippen LogP contribution in [0.3, 0.4) is 0 Å². The molecule has 1 amide bonds. The summed E-state index contributed by atoms with van der Waals surface area (Å²) in [6.45, 7) is 2.30. The number of aryl methyl sites for hydroxylation is 1. The topological polar surface area (TPSA) is 134 Å². The molecule has 11 nitrogen and oxygen atoms in total. The van der Waals surface area contributed by atoms with E-state index in [9.17, 15) is 19.7 Å². The van der Waals surface area contributed by atoms with Crippen LogP contribution in [-0.4, -0.2) is 43.5 Å². The summed E-state index contributed by atoms with van der Waals surface area (Å²) in [7, 11) is 1.22. The highest BCUT2D eigenvalue weighted by Crippen LogP contribution is 2.58. The first-order valence-electron chi connectivity index (χ1n) is 11.0. The zero-order valence-electron chi connectivity index (χ0n) is 18.1. The van der Waals surface area contributed by atoms with Crippen molar-refractivity contribution in [2.45, 2.75) is 57.5 Å². The summed E-state index contributed by atoms with van der Waals surface area (Å²) in [6.07, 6.45) is 9.46. The van der Waals surface area contributed by atoms with Gasteiger partial charge in [0.2, 0.25) is 5.69 Å². The van der Waals surface area contributed by atoms with Crippen LogP contribution in [0, 0.1) is 27.9 Å². The largest absolute Gasteiger partial charge is 0.464 e. The van der Waals surface area contributed by atoms with Gasteiger partial charge in [-0.3, -0.25) is 24.3 Å². The molecule has 4 aliphatic carbocycles. The molecular weight excluding hydrogens is 416 g/mol. The fourth-order valence-electron chi connectivity index (χ4n) is 6.35. The molecule has 0 spiro atoms. The summed E-state index contributed by atoms with van der Waals surface area (Å²) in [5.74, 6) is 0.430. The zero-order valence-corrected chi connectivity index (χ0v) is 18.1. The van der Waals surface area contributed by atoms with Crippen molar-refractivity contribution in [2.24, 2.45) is 17.8 Å². The Kier molecular flexibility index (Phi) is 4.79. The van der Waals surface area contributed by atoms with Crippen LogP contribution in [0.15, 0.2) is 12.4 Å². The van der Waals surface area contributed by atoms with Gasteiger partial charge in [-0.2, -0.15) is 10.2 Å². The van der Waals surface area contributed by atoms with E-state index in [-0.39, 0.29) is 28.3 Å². The number of amides is 1. The molecule has 0 radical (unpaired) electrons. The van der Waals surface area contributed by atoms with E-state index in [0.29, 0.717) is 24.3 Å². The van der Waals surface area contributed by atoms with Crippen LogP contribution in [0.2, 0.25) is 0 Å². The number of carbonyl (C=O) groups excluding carboxylic acids is 2. The monoisotopic (exact) mass is 442 g/mol. The number of carbonyl (C=O) groups is 2. The number of aromatic nitrogens is 4. The smallest absolute Gasteiger partial charge is 0.360 e. The number of hydrogen-bond donors (Lipinski definition) is 1. The number of esters is 1. The summed E-state index contributed by atoms with van der Waals surface area (Å²) in [4.78, 5) is 36.3. The summed E-state index contributed by atoms with van der Waals surface area (Å²) in [5, 5.41) is 22.9. The molecule has 1 N–H and O–H groups in total. The maximum absolute atomic E-state index is 13.1. The van der Waals surface area contributed by atoms with Crippen LogP contribution in [0.5, 0.6) is 0 Å². The van der Waals surface area contributed by atoms with E-state index in [4.69, 9.17) is 4.74 Å². The molecule has 4 saturated carbocycles. The number of nitrogens with zero attached hydrogens (tertiary/aromatic N) is 5. The summed E-state index contributed by atoms with van der Waals surface area (Å²) in [5.41, 5.74) is -0.776. The number of hydrogen-bond acceptors (Lipinski definition) is 7. The van der Waals surface area contributed by atoms with Gasteiger partial charge in [-0.15, -0.1) is 0 Å². The van der Waals surface area contributed by atoms with Gasteiger partial charge in [0.25, 0.3) is 5.91 Å². The Bertz CT molecular complexity index is 1070. The summed E-state index contributed by atoms with van der Waals surface area (Å²) >= 11 is 0. The van der Waals surface area contributed by atoms with Crippen molar-refractivity contribution in [1.29, 1.82) is 0 Å². The highest BCUT2D eigenvalue weighted by Gasteiger charge is 2.53. The lowest BCUT2D eigenvalue weighted by molar-refractivity contribution is -0.385. The third-order valence-corrected chi connectivity index (χ3v) is 7.31. The number of rotatable bonds is 6. The van der Waals surface area contributed by atoms with Gasteiger partial charge in [-0.05, 0) is 63.2 Å². The Morgan fingerprint density at radius 3 is 2.31 bits per heavy atom. The molecular formula is C21H26N6O5. The minimum Gasteiger partial charge on any atom is -0.464 e. The maximum Gasteiger partial charge on any atom is 0.360 e. The molecule has 2 aromatic heterocycles. The highest BCUT2D eigenvalue weighted by atomic mass is 16.6. The summed E-state index contributed by atoms with van der Waals surface area (Å²) < 4.78 is 7.90. The van der Waals surface area contributed by atoms with Crippen LogP contribution >= 0.6 is 0 Å². The Balaban J connectivity index is 1.48. The second-order valence-corrected chi connectivity index (χ2v) is 9.40. The molecule has 2 aromatic rings. The minimum absolute atomic E-state index is 0.0640. The molecule has 170 valence electrons. The molecule has 0 saturated heterocycles. The van der Waals surface area contributed by atoms with E-state index in [1.165, 1.54) is 43.4 Å². The molecule has 11 heteroatoms. The number of methoxy groups -OCH3 is 1. The fraction of sp³-hybridized carbons (Fsp3) is 0.619. The molecule has 0 aliphatic heterocycles. The van der Waals surface area contributed by atoms with Gasteiger partial charge in [0, 0.05) is 12.7 Å². The Labute approximate surface area is 184 Å². The lowest BCUT2D eigenvalue weighted by atomic mass is 9.53. The third kappa shape index (κ3) is 3.26. The molecule has 32 heavy (non-hydrogen) atoms. The van der Waals surface area contributed by atoms with E-state index in [1.54, 1.807) is 4.68 Å². The molecule has 4 aliphatic rings. The number of nitrogens with one attached hydrogen (secondary N) is 1. The first-order chi connectivity index (χ1) is 15.3. The minimum atomic E-state index is -0.749. The molecule has 6 rings (SSSR count). The predicted molar refractivity (Wildman–Crippen MR) is 112 cm³/mol. The van der Waals surface area contributed by atoms with Crippen LogP contribution in [0.25, 0.3) is 0 Å². The van der Waals surface area contributed by atoms with Crippen LogP contribution in [-0.2, 0) is 16.8 Å². The molecule has 0 atom stereocenters. The standard InChI is InChI=1S/C21H26N6O5/c1-3-25-10-15(17(23-25)20(29)32-2)22-19(28)18-16(27(30)31)11-26(24-18)21-7-12-4-13(8-21)6-14(5-12)9-21/h10-14H,3-9H2,1-2H3,(H,22,28). The van der Waals surface area contributed by atoms with Crippen molar-refractivity contribution in [3.05, 3.63) is 33.9 Å². The van der Waals surface area contributed by atoms with Gasteiger partial charge < -0.3 is 10.1 Å². The van der Waals surface area contributed by atoms with Crippen molar-refractivity contribution >= 4 is 23.3 Å². The fourth-order valence-corrected chi connectivity index (χ4v) is 6.35. The van der Waals surface area contributed by atoms with Crippen LogP contribution in [0.1, 0.15) is 66.4 Å². The maximum atomic E-state index is 13.1. The second kappa shape index (κ2) is 7.42. The number of anilines is 1. The lowest BCUT2D eigenvalue weighted by Gasteiger charge is -2.56. The Morgan fingerprint density at radius 1 is 1.16 bits per heavy atom. The van der Waals surface area contributed by atoms with Crippen molar-refractivity contribution in [2.75, 3.05) is 12.4 Å². The van der Waals surface area contributed by atoms with Gasteiger partial charge in [0.05, 0.1) is 23.3 Å². The average molecular weight is 442 g/mol. The van der Waals surface area contributed by atoms with Crippen molar-refractivity contribution < 1.29 is 19.2 Å². The predicted octanol–water partition coefficient (Wildman–Crippen LogP) is 2.97. The first-order valence-corrected chi connectivity index (χ1v) is 11.0. The SMILES string of the molecule is CCn1cc(NC(=O)c2nn(C34CC5CC(CC(C5)C3)C4)cc2[N+](=O)[O-])c(C(=O)OC)n1. The van der Waals surface area contributed by atoms with Crippen molar-refractivity contribution in [3.63, 3.8) is 0 Å². The molecule has 0 aromatic carbocycles. The molecule has 4 fully saturated rings. The number of nitro groups is 1. The lowest BCUT2D eigenvalue weighted by Crippen LogP contribution is -2.52. The highest BCUT2D eigenvalue weighted by molar-refractivity contribution is 6.08. The van der Waals surface area contributed by atoms with Gasteiger partial charge in [-0.1, -0.05) is 0 Å². The van der Waals surface area contributed by atoms with E-state index in [0.717, 1.165) is 19.3 Å². The number of ether oxygens (including phenoxy) is 1. The molecule has 0 unspecified atom stereocenters. The third-order valence-electron chi connectivity index (χ3n) is 7.31. The Hall–Kier alpha value is -3.24. The molecule has 4 bridgehead atoms. The quantitative estimate of drug-likeness (QED) is 0.413. The van der Waals surface area contributed by atoms with Gasteiger partial charge in [0.1, 0.15) is 6.20 Å². The van der Waals surface area contributed by atoms with Gasteiger partial charge in [-0.25, -0.2) is 4.79 Å². The average Bonchev–Trinajstić information content (AvgIpc) is 3.37. The van der Waals surface area contributed by atoms with E-state index in [2.05, 4.69) is 15.5 Å². The summed E-state index contributed by atoms with van der Waals surface area (Å²) in [6, 6.07) is 0. The molecule has 2 heterocycles. The van der Waals surface area contributed by atoms with Crippen LogP contribution in [0.4, 0.5) is 11.4 Å². The Morgan fingerprint density at radius 2 is 1.78 bits per heavy atom. The first kappa shape index (κ1) is 20.7. The van der Waals surface area contributed by atoms with E-state index in [1.807, 2.05) is 6.92 Å². The second-order valence-electron chi connectivity index (χ2n) is 9.40. The van der Waals surface area contributed by atoms with E-state index >= 15 is 0 Å².